The minimum absolute atomic E-state index is 0.0562. The molecule has 2 aliphatic carbocycles. The topological polar surface area (TPSA) is 124 Å². The number of allylic oxidation sites excluding steroid dienone is 2. The second-order valence-electron chi connectivity index (χ2n) is 10.2. The number of methoxy groups -OCH3 is 1. The maximum absolute atomic E-state index is 14.1. The van der Waals surface area contributed by atoms with Gasteiger partial charge in [0.1, 0.15) is 5.82 Å². The average Bonchev–Trinajstić information content (AvgIpc) is 3.22. The number of imide groups is 2. The Labute approximate surface area is 231 Å². The van der Waals surface area contributed by atoms with Gasteiger partial charge in [0.25, 0.3) is 23.6 Å². The number of anilines is 1. The van der Waals surface area contributed by atoms with Crippen molar-refractivity contribution in [2.24, 2.45) is 17.8 Å². The van der Waals surface area contributed by atoms with Gasteiger partial charge in [-0.15, -0.1) is 23.2 Å². The molecule has 0 unspecified atom stereocenters. The first-order valence-corrected chi connectivity index (χ1v) is 12.9. The summed E-state index contributed by atoms with van der Waals surface area (Å²) in [4.78, 5) is 50.3. The molecule has 2 heterocycles. The molecule has 2 aromatic rings. The molecule has 9 nitrogen and oxygen atoms in total. The molecular formula is C27H21Cl2FN2O7. The maximum Gasteiger partial charge on any atom is 0.258 e. The van der Waals surface area contributed by atoms with E-state index in [-0.39, 0.29) is 35.1 Å². The predicted octanol–water partition coefficient (Wildman–Crippen LogP) is 3.49. The average molecular weight is 575 g/mol. The lowest BCUT2D eigenvalue weighted by atomic mass is 9.56. The van der Waals surface area contributed by atoms with Crippen LogP contribution in [-0.4, -0.2) is 55.9 Å². The van der Waals surface area contributed by atoms with Crippen molar-refractivity contribution < 1.29 is 38.6 Å². The Kier molecular flexibility index (Phi) is 5.63. The Bertz CT molecular complexity index is 1500. The highest BCUT2D eigenvalue weighted by atomic mass is 35.5. The first kappa shape index (κ1) is 25.8. The number of phenols is 1. The van der Waals surface area contributed by atoms with Gasteiger partial charge in [0.2, 0.25) is 0 Å². The van der Waals surface area contributed by atoms with E-state index in [4.69, 9.17) is 27.9 Å². The lowest BCUT2D eigenvalue weighted by molar-refractivity contribution is -0.173. The lowest BCUT2D eigenvalue weighted by Gasteiger charge is -2.50. The van der Waals surface area contributed by atoms with E-state index in [1.165, 1.54) is 31.4 Å². The number of amides is 4. The summed E-state index contributed by atoms with van der Waals surface area (Å²) < 4.78 is 18.8. The molecule has 2 aromatic carbocycles. The molecule has 2 aliphatic heterocycles. The summed E-state index contributed by atoms with van der Waals surface area (Å²) >= 11 is 14.3. The van der Waals surface area contributed by atoms with Gasteiger partial charge in [0, 0.05) is 5.92 Å². The summed E-state index contributed by atoms with van der Waals surface area (Å²) in [6.07, 6.45) is 1.50. The number of phenolic OH excluding ortho intramolecular Hbond substituents is 1. The predicted molar refractivity (Wildman–Crippen MR) is 135 cm³/mol. The van der Waals surface area contributed by atoms with E-state index < -0.39 is 62.9 Å². The number of ether oxygens (including phenoxy) is 1. The SMILES string of the molecule is COc1ccc([C@H]2C3=CC[C@@H]4C(=O)N(O)C(=O)[C@@H]4[C@@H]3C[C@@]3(Cl)C(=O)N(c4ccc(F)cc4)C(=O)[C@@]23Cl)cc1O. The molecule has 12 heteroatoms. The smallest absolute Gasteiger partial charge is 0.258 e. The van der Waals surface area contributed by atoms with Crippen LogP contribution in [0.1, 0.15) is 24.3 Å². The number of carbonyl (C=O) groups is 4. The Morgan fingerprint density at radius 1 is 1.00 bits per heavy atom. The molecule has 1 saturated carbocycles. The van der Waals surface area contributed by atoms with Crippen molar-refractivity contribution in [1.29, 1.82) is 0 Å². The molecule has 202 valence electrons. The third-order valence-electron chi connectivity index (χ3n) is 8.41. The quantitative estimate of drug-likeness (QED) is 0.249. The van der Waals surface area contributed by atoms with Gasteiger partial charge in [-0.3, -0.25) is 24.4 Å². The summed E-state index contributed by atoms with van der Waals surface area (Å²) in [7, 11) is 1.37. The number of alkyl halides is 2. The largest absolute Gasteiger partial charge is 0.504 e. The highest BCUT2D eigenvalue weighted by molar-refractivity contribution is 6.58. The molecule has 0 radical (unpaired) electrons. The number of hydroxylamine groups is 2. The van der Waals surface area contributed by atoms with Crippen LogP contribution >= 0.6 is 23.2 Å². The number of carbonyl (C=O) groups excluding carboxylic acids is 4. The van der Waals surface area contributed by atoms with E-state index in [0.717, 1.165) is 17.0 Å². The van der Waals surface area contributed by atoms with Gasteiger partial charge in [-0.2, -0.15) is 5.06 Å². The number of nitrogens with zero attached hydrogens (tertiary/aromatic N) is 2. The molecule has 2 saturated heterocycles. The van der Waals surface area contributed by atoms with Crippen LogP contribution in [0.4, 0.5) is 10.1 Å². The summed E-state index contributed by atoms with van der Waals surface area (Å²) in [6.45, 7) is 0. The van der Waals surface area contributed by atoms with Gasteiger partial charge < -0.3 is 9.84 Å². The fourth-order valence-electron chi connectivity index (χ4n) is 6.64. The lowest BCUT2D eigenvalue weighted by Crippen LogP contribution is -2.60. The van der Waals surface area contributed by atoms with Crippen LogP contribution in [0.15, 0.2) is 54.1 Å². The molecule has 2 N–H and O–H groups in total. The highest BCUT2D eigenvalue weighted by Crippen LogP contribution is 2.66. The highest BCUT2D eigenvalue weighted by Gasteiger charge is 2.76. The molecule has 0 spiro atoms. The van der Waals surface area contributed by atoms with Crippen LogP contribution in [0.2, 0.25) is 0 Å². The summed E-state index contributed by atoms with van der Waals surface area (Å²) in [6, 6.07) is 9.06. The molecule has 0 aromatic heterocycles. The van der Waals surface area contributed by atoms with Crippen LogP contribution in [0.5, 0.6) is 11.5 Å². The standard InChI is InChI=1S/C27H21Cl2FN2O7/c1-39-19-9-2-12(10-18(19)33)21-15-7-8-16-20(23(35)32(38)22(16)34)17(15)11-26(28)24(36)31(25(37)27(21,26)29)14-5-3-13(30)4-6-14/h2-7,9-10,16-17,20-21,33,38H,8,11H2,1H3/t16-,17+,20-,21-,26+,27-/m0/s1. The molecule has 0 bridgehead atoms. The Balaban J connectivity index is 1.58. The van der Waals surface area contributed by atoms with Crippen LogP contribution in [0, 0.1) is 23.6 Å². The summed E-state index contributed by atoms with van der Waals surface area (Å²) in [5.41, 5.74) is 0.869. The molecule has 4 aliphatic rings. The number of halogens is 3. The minimum atomic E-state index is -2.12. The zero-order valence-corrected chi connectivity index (χ0v) is 21.8. The zero-order chi connectivity index (χ0) is 28.0. The normalized spacial score (nSPS) is 33.6. The van der Waals surface area contributed by atoms with E-state index in [1.807, 2.05) is 0 Å². The first-order valence-electron chi connectivity index (χ1n) is 12.1. The number of hydrogen-bond donors (Lipinski definition) is 2. The van der Waals surface area contributed by atoms with E-state index in [2.05, 4.69) is 0 Å². The summed E-state index contributed by atoms with van der Waals surface area (Å²) in [5.74, 6) is -7.84. The van der Waals surface area contributed by atoms with Crippen molar-refractivity contribution in [2.45, 2.75) is 28.5 Å². The van der Waals surface area contributed by atoms with Crippen LogP contribution in [0.25, 0.3) is 0 Å². The van der Waals surface area contributed by atoms with E-state index in [0.29, 0.717) is 11.1 Å². The van der Waals surface area contributed by atoms with Crippen LogP contribution in [0.3, 0.4) is 0 Å². The monoisotopic (exact) mass is 574 g/mol. The summed E-state index contributed by atoms with van der Waals surface area (Å²) in [5, 5.41) is 20.8. The zero-order valence-electron chi connectivity index (χ0n) is 20.3. The number of benzene rings is 2. The fourth-order valence-corrected chi connectivity index (χ4v) is 7.58. The second kappa shape index (κ2) is 8.51. The Hall–Kier alpha value is -3.47. The van der Waals surface area contributed by atoms with Crippen LogP contribution < -0.4 is 9.64 Å². The van der Waals surface area contributed by atoms with Crippen LogP contribution in [-0.2, 0) is 19.2 Å². The number of fused-ring (bicyclic) bond motifs is 4. The Morgan fingerprint density at radius 2 is 1.69 bits per heavy atom. The van der Waals surface area contributed by atoms with Crippen molar-refractivity contribution in [1.82, 2.24) is 5.06 Å². The third-order valence-corrected chi connectivity index (χ3v) is 9.82. The number of aromatic hydroxyl groups is 1. The molecule has 6 atom stereocenters. The third kappa shape index (κ3) is 3.22. The van der Waals surface area contributed by atoms with E-state index >= 15 is 0 Å². The second-order valence-corrected chi connectivity index (χ2v) is 11.4. The van der Waals surface area contributed by atoms with Gasteiger partial charge in [-0.05, 0) is 60.7 Å². The van der Waals surface area contributed by atoms with Crippen molar-refractivity contribution in [2.75, 3.05) is 12.0 Å². The van der Waals surface area contributed by atoms with Crippen molar-refractivity contribution in [3.05, 3.63) is 65.5 Å². The maximum atomic E-state index is 14.1. The van der Waals surface area contributed by atoms with Gasteiger partial charge in [-0.1, -0.05) is 17.7 Å². The van der Waals surface area contributed by atoms with Gasteiger partial charge in [0.15, 0.2) is 21.2 Å². The molecule has 3 fully saturated rings. The van der Waals surface area contributed by atoms with E-state index in [1.54, 1.807) is 12.1 Å². The Morgan fingerprint density at radius 3 is 2.33 bits per heavy atom. The number of rotatable bonds is 3. The number of hydrogen-bond acceptors (Lipinski definition) is 7. The van der Waals surface area contributed by atoms with Gasteiger partial charge in [-0.25, -0.2) is 9.29 Å². The van der Waals surface area contributed by atoms with Crippen molar-refractivity contribution in [3.63, 3.8) is 0 Å². The van der Waals surface area contributed by atoms with Gasteiger partial charge in [0.05, 0.1) is 24.6 Å². The first-order chi connectivity index (χ1) is 18.5. The fraction of sp³-hybridized carbons (Fsp3) is 0.333. The van der Waals surface area contributed by atoms with Gasteiger partial charge >= 0.3 is 0 Å². The molecule has 39 heavy (non-hydrogen) atoms. The minimum Gasteiger partial charge on any atom is -0.504 e. The van der Waals surface area contributed by atoms with Crippen molar-refractivity contribution in [3.8, 4) is 11.5 Å². The molecule has 6 rings (SSSR count). The molecule has 4 amide bonds. The van der Waals surface area contributed by atoms with E-state index in [9.17, 15) is 33.9 Å². The molecular weight excluding hydrogens is 554 g/mol. The van der Waals surface area contributed by atoms with Crippen molar-refractivity contribution >= 4 is 52.5 Å².